The first-order valence-corrected chi connectivity index (χ1v) is 9.01. The Labute approximate surface area is 154 Å². The van der Waals surface area contributed by atoms with Gasteiger partial charge in [0.1, 0.15) is 11.6 Å². The van der Waals surface area contributed by atoms with E-state index in [9.17, 15) is 0 Å². The molecule has 0 fully saturated rings. The molecule has 0 spiro atoms. The monoisotopic (exact) mass is 348 g/mol. The van der Waals surface area contributed by atoms with E-state index in [1.54, 1.807) is 7.11 Å². The number of aromatic nitrogens is 2. The van der Waals surface area contributed by atoms with Crippen LogP contribution in [0.1, 0.15) is 17.2 Å². The number of hydrogen-bond donors (Lipinski definition) is 2. The third-order valence-corrected chi connectivity index (χ3v) is 4.91. The molecular formula is C21H24N4O. The highest BCUT2D eigenvalue weighted by Crippen LogP contribution is 2.25. The zero-order valence-corrected chi connectivity index (χ0v) is 14.9. The van der Waals surface area contributed by atoms with E-state index in [0.717, 1.165) is 31.2 Å². The maximum Gasteiger partial charge on any atom is 0.124 e. The molecule has 2 atom stereocenters. The van der Waals surface area contributed by atoms with Crippen LogP contribution in [-0.2, 0) is 6.54 Å². The first-order valence-electron chi connectivity index (χ1n) is 9.01. The van der Waals surface area contributed by atoms with Crippen molar-refractivity contribution >= 4 is 5.82 Å². The minimum atomic E-state index is 0.154. The molecular weight excluding hydrogens is 324 g/mol. The number of rotatable bonds is 6. The van der Waals surface area contributed by atoms with Gasteiger partial charge in [0.25, 0.3) is 0 Å². The summed E-state index contributed by atoms with van der Waals surface area (Å²) in [7, 11) is 1.70. The minimum absolute atomic E-state index is 0.154. The lowest BCUT2D eigenvalue weighted by atomic mass is 9.97. The van der Waals surface area contributed by atoms with Gasteiger partial charge in [0.05, 0.1) is 19.3 Å². The summed E-state index contributed by atoms with van der Waals surface area (Å²) >= 11 is 0. The second-order valence-corrected chi connectivity index (χ2v) is 6.67. The molecule has 2 N–H and O–H groups in total. The molecule has 0 radical (unpaired) electrons. The number of nitrogens with one attached hydrogen (secondary N) is 2. The number of hydrogen-bond acceptors (Lipinski definition) is 4. The lowest BCUT2D eigenvalue weighted by Gasteiger charge is -2.28. The normalized spacial score (nSPS) is 17.2. The molecule has 26 heavy (non-hydrogen) atoms. The molecule has 5 heteroatoms. The number of methoxy groups -OCH3 is 1. The largest absolute Gasteiger partial charge is 0.497 e. The van der Waals surface area contributed by atoms with E-state index >= 15 is 0 Å². The highest BCUT2D eigenvalue weighted by Gasteiger charge is 2.20. The Hall–Kier alpha value is -2.79. The molecule has 1 aromatic heterocycles. The molecule has 0 unspecified atom stereocenters. The average Bonchev–Trinajstić information content (AvgIpc) is 3.17. The van der Waals surface area contributed by atoms with Crippen LogP contribution in [0.25, 0.3) is 0 Å². The van der Waals surface area contributed by atoms with Gasteiger partial charge in [-0.15, -0.1) is 0 Å². The Morgan fingerprint density at radius 3 is 2.65 bits per heavy atom. The van der Waals surface area contributed by atoms with E-state index in [2.05, 4.69) is 58.2 Å². The third-order valence-electron chi connectivity index (χ3n) is 4.91. The number of fused-ring (bicyclic) bond motifs is 1. The van der Waals surface area contributed by atoms with E-state index in [1.807, 2.05) is 29.1 Å². The lowest BCUT2D eigenvalue weighted by molar-refractivity contribution is 0.381. The van der Waals surface area contributed by atoms with Crippen LogP contribution in [-0.4, -0.2) is 30.0 Å². The smallest absolute Gasteiger partial charge is 0.124 e. The van der Waals surface area contributed by atoms with Crippen molar-refractivity contribution in [2.75, 3.05) is 25.5 Å². The van der Waals surface area contributed by atoms with Gasteiger partial charge >= 0.3 is 0 Å². The van der Waals surface area contributed by atoms with E-state index in [0.29, 0.717) is 5.92 Å². The van der Waals surface area contributed by atoms with Gasteiger partial charge in [-0.05, 0) is 23.3 Å². The maximum absolute atomic E-state index is 5.30. The second kappa shape index (κ2) is 7.62. The van der Waals surface area contributed by atoms with Gasteiger partial charge in [-0.1, -0.05) is 42.5 Å². The molecule has 0 saturated heterocycles. The number of anilines is 1. The molecule has 0 saturated carbocycles. The van der Waals surface area contributed by atoms with Crippen molar-refractivity contribution in [3.8, 4) is 5.75 Å². The van der Waals surface area contributed by atoms with Crippen LogP contribution < -0.4 is 15.4 Å². The highest BCUT2D eigenvalue weighted by molar-refractivity contribution is 5.36. The summed E-state index contributed by atoms with van der Waals surface area (Å²) in [6.45, 7) is 2.81. The Bertz CT molecular complexity index is 829. The van der Waals surface area contributed by atoms with Gasteiger partial charge < -0.3 is 15.4 Å². The van der Waals surface area contributed by atoms with Crippen LogP contribution >= 0.6 is 0 Å². The van der Waals surface area contributed by atoms with Gasteiger partial charge in [-0.25, -0.2) is 4.68 Å². The zero-order valence-electron chi connectivity index (χ0n) is 14.9. The summed E-state index contributed by atoms with van der Waals surface area (Å²) in [4.78, 5) is 0. The molecule has 1 aliphatic rings. The van der Waals surface area contributed by atoms with Gasteiger partial charge in [-0.3, -0.25) is 0 Å². The quantitative estimate of drug-likeness (QED) is 0.718. The Morgan fingerprint density at radius 2 is 1.88 bits per heavy atom. The van der Waals surface area contributed by atoms with Gasteiger partial charge in [0.2, 0.25) is 0 Å². The van der Waals surface area contributed by atoms with E-state index < -0.39 is 0 Å². The summed E-state index contributed by atoms with van der Waals surface area (Å²) in [6.07, 6.45) is 1.85. The van der Waals surface area contributed by atoms with E-state index in [4.69, 9.17) is 4.74 Å². The summed E-state index contributed by atoms with van der Waals surface area (Å²) in [5.74, 6) is 2.48. The topological polar surface area (TPSA) is 51.1 Å². The lowest BCUT2D eigenvalue weighted by Crippen LogP contribution is -2.37. The van der Waals surface area contributed by atoms with Gasteiger partial charge in [0.15, 0.2) is 0 Å². The molecule has 0 amide bonds. The Morgan fingerprint density at radius 1 is 1.12 bits per heavy atom. The zero-order chi connectivity index (χ0) is 17.8. The van der Waals surface area contributed by atoms with Gasteiger partial charge in [-0.2, -0.15) is 5.10 Å². The van der Waals surface area contributed by atoms with Crippen molar-refractivity contribution in [2.24, 2.45) is 5.92 Å². The van der Waals surface area contributed by atoms with Crippen molar-refractivity contribution in [2.45, 2.75) is 12.6 Å². The average molecular weight is 348 g/mol. The summed E-state index contributed by atoms with van der Waals surface area (Å²) in [5.41, 5.74) is 2.50. The Balaban J connectivity index is 1.50. The highest BCUT2D eigenvalue weighted by atomic mass is 16.5. The minimum Gasteiger partial charge on any atom is -0.497 e. The summed E-state index contributed by atoms with van der Waals surface area (Å²) in [6, 6.07) is 21.1. The fraction of sp³-hybridized carbons (Fsp3) is 0.286. The SMILES string of the molecule is COc1ccc([C@H](NC[C@@H]2CNc3ccnn3C2)c2ccccc2)cc1. The van der Waals surface area contributed by atoms with E-state index in [-0.39, 0.29) is 6.04 Å². The van der Waals surface area contributed by atoms with Crippen molar-refractivity contribution in [3.63, 3.8) is 0 Å². The van der Waals surface area contributed by atoms with Crippen LogP contribution in [0.5, 0.6) is 5.75 Å². The standard InChI is InChI=1S/C21H24N4O/c1-26-19-9-7-18(8-10-19)21(17-5-3-2-4-6-17)23-14-16-13-22-20-11-12-24-25(20)15-16/h2-12,16,21-23H,13-15H2,1H3/t16-,21+/m0/s1. The molecule has 2 aromatic carbocycles. The second-order valence-electron chi connectivity index (χ2n) is 6.67. The van der Waals surface area contributed by atoms with E-state index in [1.165, 1.54) is 11.1 Å². The fourth-order valence-corrected chi connectivity index (χ4v) is 3.48. The number of benzene rings is 2. The number of ether oxygens (including phenoxy) is 1. The molecule has 134 valence electrons. The molecule has 1 aliphatic heterocycles. The van der Waals surface area contributed by atoms with Crippen molar-refractivity contribution in [3.05, 3.63) is 78.0 Å². The Kier molecular flexibility index (Phi) is 4.88. The predicted octanol–water partition coefficient (Wildman–Crippen LogP) is 3.31. The van der Waals surface area contributed by atoms with Crippen LogP contribution in [0.3, 0.4) is 0 Å². The number of nitrogens with zero attached hydrogens (tertiary/aromatic N) is 2. The molecule has 2 heterocycles. The molecule has 4 rings (SSSR count). The van der Waals surface area contributed by atoms with Gasteiger partial charge in [0, 0.05) is 31.6 Å². The molecule has 3 aromatic rings. The molecule has 5 nitrogen and oxygen atoms in total. The maximum atomic E-state index is 5.30. The van der Waals surface area contributed by atoms with Crippen LogP contribution in [0.2, 0.25) is 0 Å². The van der Waals surface area contributed by atoms with Crippen molar-refractivity contribution in [1.29, 1.82) is 0 Å². The summed E-state index contributed by atoms with van der Waals surface area (Å²) in [5, 5.41) is 11.6. The fourth-order valence-electron chi connectivity index (χ4n) is 3.48. The third kappa shape index (κ3) is 3.58. The van der Waals surface area contributed by atoms with Crippen molar-refractivity contribution in [1.82, 2.24) is 15.1 Å². The molecule has 0 bridgehead atoms. The van der Waals surface area contributed by atoms with Crippen LogP contribution in [0.4, 0.5) is 5.82 Å². The van der Waals surface area contributed by atoms with Crippen molar-refractivity contribution < 1.29 is 4.74 Å². The van der Waals surface area contributed by atoms with Crippen LogP contribution in [0, 0.1) is 5.92 Å². The molecule has 0 aliphatic carbocycles. The first-order chi connectivity index (χ1) is 12.8. The van der Waals surface area contributed by atoms with Crippen LogP contribution in [0.15, 0.2) is 66.9 Å². The first kappa shape index (κ1) is 16.7. The predicted molar refractivity (Wildman–Crippen MR) is 103 cm³/mol. The summed E-state index contributed by atoms with van der Waals surface area (Å²) < 4.78 is 7.34.